The molecule has 8 nitrogen and oxygen atoms in total. The lowest BCUT2D eigenvalue weighted by atomic mass is 9.81. The molecule has 33 heavy (non-hydrogen) atoms. The van der Waals surface area contributed by atoms with Crippen LogP contribution in [0.4, 0.5) is 18.9 Å². The number of halogens is 3. The minimum Gasteiger partial charge on any atom is -0.415 e. The third-order valence-corrected chi connectivity index (χ3v) is 6.55. The number of amidine groups is 1. The number of fused-ring (bicyclic) bond motifs is 1. The highest BCUT2D eigenvalue weighted by Crippen LogP contribution is 2.52. The molecule has 2 aliphatic rings. The molecule has 1 saturated carbocycles. The van der Waals surface area contributed by atoms with Crippen LogP contribution in [0, 0.1) is 11.7 Å². The highest BCUT2D eigenvalue weighted by Gasteiger charge is 2.52. The Labute approximate surface area is 193 Å². The number of anilines is 1. The Morgan fingerprint density at radius 3 is 2.79 bits per heavy atom. The van der Waals surface area contributed by atoms with E-state index in [4.69, 9.17) is 10.5 Å². The largest absolute Gasteiger partial charge is 0.415 e. The van der Waals surface area contributed by atoms with Gasteiger partial charge in [-0.25, -0.2) is 14.4 Å². The van der Waals surface area contributed by atoms with Gasteiger partial charge >= 0.3 is 6.61 Å². The van der Waals surface area contributed by atoms with Gasteiger partial charge in [0.05, 0.1) is 24.0 Å². The van der Waals surface area contributed by atoms with Crippen LogP contribution in [0.5, 0.6) is 5.88 Å². The maximum Gasteiger partial charge on any atom is 0.388 e. The molecule has 1 fully saturated rings. The second kappa shape index (κ2) is 9.96. The number of amides is 1. The van der Waals surface area contributed by atoms with Gasteiger partial charge < -0.3 is 20.5 Å². The predicted molar refractivity (Wildman–Crippen MR) is 119 cm³/mol. The van der Waals surface area contributed by atoms with E-state index in [1.54, 1.807) is 7.11 Å². The van der Waals surface area contributed by atoms with Crippen LogP contribution in [0.25, 0.3) is 0 Å². The maximum absolute atomic E-state index is 15.0. The van der Waals surface area contributed by atoms with Crippen molar-refractivity contribution in [1.29, 1.82) is 0 Å². The van der Waals surface area contributed by atoms with Gasteiger partial charge in [0.25, 0.3) is 5.91 Å². The number of carbonyl (C=O) groups excluding carboxylic acids is 1. The summed E-state index contributed by atoms with van der Waals surface area (Å²) in [4.78, 5) is 24.6. The number of alkyl halides is 2. The lowest BCUT2D eigenvalue weighted by molar-refractivity contribution is -0.0531. The van der Waals surface area contributed by atoms with Crippen molar-refractivity contribution in [2.24, 2.45) is 16.6 Å². The van der Waals surface area contributed by atoms with Crippen molar-refractivity contribution < 1.29 is 27.4 Å². The summed E-state index contributed by atoms with van der Waals surface area (Å²) >= 11 is 1.43. The lowest BCUT2D eigenvalue weighted by Crippen LogP contribution is -2.37. The van der Waals surface area contributed by atoms with Gasteiger partial charge in [-0.3, -0.25) is 9.79 Å². The number of aromatic nitrogens is 2. The van der Waals surface area contributed by atoms with Crippen LogP contribution in [-0.2, 0) is 10.3 Å². The first-order chi connectivity index (χ1) is 15.3. The van der Waals surface area contributed by atoms with Crippen LogP contribution in [0.2, 0.25) is 0 Å². The molecule has 1 aromatic heterocycles. The molecule has 0 saturated heterocycles. The van der Waals surface area contributed by atoms with Gasteiger partial charge in [0.15, 0.2) is 5.17 Å². The Morgan fingerprint density at radius 1 is 1.33 bits per heavy atom. The zero-order valence-corrected chi connectivity index (χ0v) is 17.7. The fraction of sp³-hybridized carbons (Fsp3) is 0.429. The number of aliphatic imine (C=N–C) groups is 1. The number of ether oxygens (including phenoxy) is 2. The van der Waals surface area contributed by atoms with E-state index in [-0.39, 0.29) is 25.1 Å². The fourth-order valence-electron chi connectivity index (χ4n) is 4.15. The first kappa shape index (κ1) is 24.8. The number of carbonyl (C=O) groups is 1. The van der Waals surface area contributed by atoms with Gasteiger partial charge in [0.2, 0.25) is 5.88 Å². The summed E-state index contributed by atoms with van der Waals surface area (Å²) in [7, 11) is 1.61. The van der Waals surface area contributed by atoms with Crippen molar-refractivity contribution in [2.45, 2.75) is 38.5 Å². The molecule has 0 bridgehead atoms. The Hall–Kier alpha value is -2.86. The molecule has 178 valence electrons. The zero-order chi connectivity index (χ0) is 22.9. The molecule has 2 aromatic rings. The van der Waals surface area contributed by atoms with Crippen LogP contribution in [0.3, 0.4) is 0 Å². The first-order valence-corrected chi connectivity index (χ1v) is 10.7. The van der Waals surface area contributed by atoms with Gasteiger partial charge in [-0.2, -0.15) is 8.78 Å². The van der Waals surface area contributed by atoms with E-state index in [2.05, 4.69) is 25.0 Å². The minimum atomic E-state index is -3.05. The molecular weight excluding hydrogens is 459 g/mol. The molecule has 1 aromatic carbocycles. The van der Waals surface area contributed by atoms with E-state index in [1.807, 2.05) is 0 Å². The van der Waals surface area contributed by atoms with Crippen LogP contribution in [0.15, 0.2) is 35.6 Å². The molecule has 3 N–H and O–H groups in total. The topological polar surface area (TPSA) is 112 Å². The number of methoxy groups -OCH3 is 1. The molecule has 1 aliphatic heterocycles. The molecule has 12 heteroatoms. The number of thioether (sulfide) groups is 1. The number of nitrogens with two attached hydrogens (primary N) is 1. The van der Waals surface area contributed by atoms with Crippen molar-refractivity contribution in [1.82, 2.24) is 9.97 Å². The molecule has 2 heterocycles. The average molecular weight is 484 g/mol. The second-order valence-electron chi connectivity index (χ2n) is 7.45. The Morgan fingerprint density at radius 2 is 2.12 bits per heavy atom. The number of hydrogen-bond acceptors (Lipinski definition) is 8. The van der Waals surface area contributed by atoms with Gasteiger partial charge in [0.1, 0.15) is 11.5 Å². The second-order valence-corrected chi connectivity index (χ2v) is 8.49. The minimum absolute atomic E-state index is 0. The number of hydrogen-bond donors (Lipinski definition) is 2. The van der Waals surface area contributed by atoms with Crippen molar-refractivity contribution in [3.63, 3.8) is 0 Å². The van der Waals surface area contributed by atoms with Crippen LogP contribution in [-0.4, -0.2) is 46.6 Å². The van der Waals surface area contributed by atoms with Crippen molar-refractivity contribution in [3.8, 4) is 5.88 Å². The summed E-state index contributed by atoms with van der Waals surface area (Å²) in [6.07, 6.45) is 3.04. The summed E-state index contributed by atoms with van der Waals surface area (Å²) in [6.45, 7) is -3.05. The summed E-state index contributed by atoms with van der Waals surface area (Å²) in [6, 6.07) is 4.21. The fourth-order valence-corrected chi connectivity index (χ4v) is 5.16. The van der Waals surface area contributed by atoms with E-state index in [0.29, 0.717) is 28.6 Å². The normalized spacial score (nSPS) is 24.0. The van der Waals surface area contributed by atoms with Crippen molar-refractivity contribution >= 4 is 28.5 Å². The van der Waals surface area contributed by atoms with E-state index in [9.17, 15) is 18.0 Å². The highest BCUT2D eigenvalue weighted by atomic mass is 32.2. The van der Waals surface area contributed by atoms with Gasteiger partial charge in [-0.1, -0.05) is 19.2 Å². The molecule has 1 amide bonds. The average Bonchev–Trinajstić information content (AvgIpc) is 3.14. The van der Waals surface area contributed by atoms with Crippen LogP contribution >= 0.6 is 11.8 Å². The third-order valence-electron chi connectivity index (χ3n) is 5.60. The number of benzene rings is 1. The molecule has 3 atom stereocenters. The maximum atomic E-state index is 15.0. The summed E-state index contributed by atoms with van der Waals surface area (Å²) in [5.74, 6) is -0.797. The summed E-state index contributed by atoms with van der Waals surface area (Å²) in [5.41, 5.74) is 5.64. The lowest BCUT2D eigenvalue weighted by Gasteiger charge is -2.36. The number of nitrogens with one attached hydrogen (secondary N) is 1. The number of nitrogens with zero attached hydrogens (tertiary/aromatic N) is 3. The van der Waals surface area contributed by atoms with Crippen molar-refractivity contribution in [3.05, 3.63) is 47.7 Å². The van der Waals surface area contributed by atoms with Gasteiger partial charge in [0, 0.05) is 36.5 Å². The molecule has 1 aliphatic carbocycles. The quantitative estimate of drug-likeness (QED) is 0.643. The zero-order valence-electron chi connectivity index (χ0n) is 16.9. The number of rotatable bonds is 6. The van der Waals surface area contributed by atoms with Crippen molar-refractivity contribution in [2.75, 3.05) is 18.2 Å². The smallest absolute Gasteiger partial charge is 0.388 e. The first-order valence-electron chi connectivity index (χ1n) is 9.70. The van der Waals surface area contributed by atoms with E-state index in [0.717, 1.165) is 18.8 Å². The monoisotopic (exact) mass is 483 g/mol. The Bertz CT molecular complexity index is 1040. The van der Waals surface area contributed by atoms with Gasteiger partial charge in [-0.05, 0) is 24.6 Å². The predicted octanol–water partition coefficient (Wildman–Crippen LogP) is 3.79. The molecular formula is C21H24F3N5O3S. The Balaban J connectivity index is 0.00000306. The van der Waals surface area contributed by atoms with Crippen LogP contribution < -0.4 is 15.8 Å². The Kier molecular flexibility index (Phi) is 7.48. The summed E-state index contributed by atoms with van der Waals surface area (Å²) < 4.78 is 49.1. The molecule has 0 spiro atoms. The standard InChI is InChI=1S/C20H20F3N5O3S.CH4/c1-30-12-4-10-9-32-19(24)28-20(10,6-12)13-5-11(2-3-14(13)21)27-17(29)15-7-26-16(8-25-15)31-18(22)23;/h2-3,5,7-8,10,12,18H,4,6,9H2,1H3,(H2,24,28)(H,27,29);1H4/t10-,12+,20-;/m0./s1. The molecule has 4 rings (SSSR count). The molecule has 0 unspecified atom stereocenters. The third kappa shape index (κ3) is 5.06. The van der Waals surface area contributed by atoms with E-state index >= 15 is 0 Å². The summed E-state index contributed by atoms with van der Waals surface area (Å²) in [5, 5.41) is 3.01. The highest BCUT2D eigenvalue weighted by molar-refractivity contribution is 8.13. The SMILES string of the molecule is C.CO[C@@H]1C[C@H]2CSC(N)=N[C@@]2(c2cc(NC(=O)c3cnc(OC(F)F)cn3)ccc2F)C1. The van der Waals surface area contributed by atoms with Gasteiger partial charge in [-0.15, -0.1) is 0 Å². The van der Waals surface area contributed by atoms with Crippen LogP contribution in [0.1, 0.15) is 36.3 Å². The molecule has 0 radical (unpaired) electrons. The van der Waals surface area contributed by atoms with E-state index in [1.165, 1.54) is 30.0 Å². The van der Waals surface area contributed by atoms with E-state index < -0.39 is 29.8 Å².